The zero-order valence-corrected chi connectivity index (χ0v) is 8.81. The van der Waals surface area contributed by atoms with Crippen LogP contribution in [0.25, 0.3) is 0 Å². The zero-order chi connectivity index (χ0) is 10.4. The Bertz CT molecular complexity index is 189. The maximum Gasteiger partial charge on any atom is 0.405 e. The van der Waals surface area contributed by atoms with E-state index in [0.29, 0.717) is 0 Å². The van der Waals surface area contributed by atoms with Crippen LogP contribution in [-0.2, 0) is 0 Å². The molecule has 0 radical (unpaired) electrons. The number of nitrogens with one attached hydrogen (secondary N) is 2. The number of carbonyl (C=O) groups is 1. The molecule has 0 aromatic rings. The number of hydrogen-bond donors (Lipinski definition) is 3. The second-order valence-electron chi connectivity index (χ2n) is 4.09. The van der Waals surface area contributed by atoms with Crippen LogP contribution >= 0.6 is 0 Å². The Morgan fingerprint density at radius 3 is 2.93 bits per heavy atom. The minimum Gasteiger partial charge on any atom is -0.465 e. The van der Waals surface area contributed by atoms with Crippen molar-refractivity contribution in [3.8, 4) is 0 Å². The number of hydrogen-bond acceptors (Lipinski definition) is 2. The van der Waals surface area contributed by atoms with Gasteiger partial charge in [-0.05, 0) is 25.8 Å². The highest BCUT2D eigenvalue weighted by Gasteiger charge is 2.32. The van der Waals surface area contributed by atoms with E-state index in [2.05, 4.69) is 17.6 Å². The predicted molar refractivity (Wildman–Crippen MR) is 55.5 cm³/mol. The fraction of sp³-hybridized carbons (Fsp3) is 0.900. The molecular weight excluding hydrogens is 180 g/mol. The summed E-state index contributed by atoms with van der Waals surface area (Å²) in [7, 11) is 0. The van der Waals surface area contributed by atoms with Crippen molar-refractivity contribution in [2.24, 2.45) is 0 Å². The molecule has 0 spiro atoms. The maximum absolute atomic E-state index is 10.7. The Hall–Kier alpha value is -0.770. The first-order valence-electron chi connectivity index (χ1n) is 5.40. The summed E-state index contributed by atoms with van der Waals surface area (Å²) < 4.78 is 0. The second-order valence-corrected chi connectivity index (χ2v) is 4.09. The van der Waals surface area contributed by atoms with E-state index in [4.69, 9.17) is 5.11 Å². The van der Waals surface area contributed by atoms with Gasteiger partial charge in [0.2, 0.25) is 0 Å². The Balaban J connectivity index is 2.52. The van der Waals surface area contributed by atoms with Gasteiger partial charge in [0.25, 0.3) is 0 Å². The van der Waals surface area contributed by atoms with Gasteiger partial charge in [-0.3, -0.25) is 0 Å². The van der Waals surface area contributed by atoms with E-state index in [1.165, 1.54) is 0 Å². The molecule has 4 heteroatoms. The van der Waals surface area contributed by atoms with Crippen molar-refractivity contribution >= 4 is 6.09 Å². The van der Waals surface area contributed by atoms with Crippen LogP contribution in [0.4, 0.5) is 4.79 Å². The summed E-state index contributed by atoms with van der Waals surface area (Å²) in [4.78, 5) is 10.7. The standard InChI is InChI=1S/C10H20N2O2/c1-2-3-5-10(12-9(13)14)6-4-7-11-8-10/h11-12H,2-8H2,1H3,(H,13,14)/t10-/m0/s1. The molecule has 1 saturated heterocycles. The van der Waals surface area contributed by atoms with Gasteiger partial charge in [0, 0.05) is 6.54 Å². The molecule has 1 aliphatic heterocycles. The molecule has 82 valence electrons. The van der Waals surface area contributed by atoms with Crippen molar-refractivity contribution in [2.45, 2.75) is 44.6 Å². The van der Waals surface area contributed by atoms with E-state index in [1.807, 2.05) is 0 Å². The van der Waals surface area contributed by atoms with Crippen molar-refractivity contribution in [2.75, 3.05) is 13.1 Å². The van der Waals surface area contributed by atoms with Gasteiger partial charge in [0.15, 0.2) is 0 Å². The molecule has 0 unspecified atom stereocenters. The van der Waals surface area contributed by atoms with Gasteiger partial charge < -0.3 is 15.7 Å². The summed E-state index contributed by atoms with van der Waals surface area (Å²) in [6.07, 6.45) is 4.27. The Labute approximate surface area is 85.1 Å². The molecule has 14 heavy (non-hydrogen) atoms. The monoisotopic (exact) mass is 200 g/mol. The average Bonchev–Trinajstić information content (AvgIpc) is 2.15. The van der Waals surface area contributed by atoms with E-state index in [0.717, 1.165) is 45.2 Å². The first-order valence-corrected chi connectivity index (χ1v) is 5.40. The van der Waals surface area contributed by atoms with E-state index in [9.17, 15) is 4.79 Å². The highest BCUT2D eigenvalue weighted by Crippen LogP contribution is 2.22. The Morgan fingerprint density at radius 2 is 2.43 bits per heavy atom. The average molecular weight is 200 g/mol. The molecule has 0 saturated carbocycles. The molecule has 1 amide bonds. The largest absolute Gasteiger partial charge is 0.465 e. The minimum atomic E-state index is -0.898. The highest BCUT2D eigenvalue weighted by molar-refractivity contribution is 5.65. The van der Waals surface area contributed by atoms with Crippen LogP contribution in [0, 0.1) is 0 Å². The summed E-state index contributed by atoms with van der Waals surface area (Å²) in [6, 6.07) is 0. The van der Waals surface area contributed by atoms with E-state index in [1.54, 1.807) is 0 Å². The quantitative estimate of drug-likeness (QED) is 0.645. The van der Waals surface area contributed by atoms with Crippen molar-refractivity contribution in [3.63, 3.8) is 0 Å². The number of piperidine rings is 1. The van der Waals surface area contributed by atoms with Gasteiger partial charge in [-0.25, -0.2) is 4.79 Å². The maximum atomic E-state index is 10.7. The fourth-order valence-corrected chi connectivity index (χ4v) is 2.09. The lowest BCUT2D eigenvalue weighted by atomic mass is 9.85. The number of unbranched alkanes of at least 4 members (excludes halogenated alkanes) is 1. The van der Waals surface area contributed by atoms with Crippen LogP contribution in [0.1, 0.15) is 39.0 Å². The van der Waals surface area contributed by atoms with Crippen LogP contribution in [-0.4, -0.2) is 29.8 Å². The summed E-state index contributed by atoms with van der Waals surface area (Å²) >= 11 is 0. The van der Waals surface area contributed by atoms with E-state index in [-0.39, 0.29) is 5.54 Å². The third kappa shape index (κ3) is 3.18. The minimum absolute atomic E-state index is 0.208. The fourth-order valence-electron chi connectivity index (χ4n) is 2.09. The lowest BCUT2D eigenvalue weighted by molar-refractivity contribution is 0.161. The molecule has 3 N–H and O–H groups in total. The zero-order valence-electron chi connectivity index (χ0n) is 8.81. The van der Waals surface area contributed by atoms with E-state index >= 15 is 0 Å². The van der Waals surface area contributed by atoms with Gasteiger partial charge in [-0.1, -0.05) is 19.8 Å². The molecule has 1 fully saturated rings. The molecule has 0 aliphatic carbocycles. The van der Waals surface area contributed by atoms with Gasteiger partial charge in [-0.2, -0.15) is 0 Å². The van der Waals surface area contributed by atoms with Gasteiger partial charge in [-0.15, -0.1) is 0 Å². The number of carboxylic acid groups (broad SMARTS) is 1. The number of rotatable bonds is 4. The van der Waals surface area contributed by atoms with Crippen LogP contribution in [0.15, 0.2) is 0 Å². The van der Waals surface area contributed by atoms with Crippen LogP contribution in [0.5, 0.6) is 0 Å². The van der Waals surface area contributed by atoms with Gasteiger partial charge in [0.1, 0.15) is 0 Å². The molecule has 0 aromatic heterocycles. The van der Waals surface area contributed by atoms with Crippen molar-refractivity contribution in [1.29, 1.82) is 0 Å². The van der Waals surface area contributed by atoms with Crippen molar-refractivity contribution < 1.29 is 9.90 Å². The molecule has 1 aliphatic rings. The van der Waals surface area contributed by atoms with Crippen LogP contribution < -0.4 is 10.6 Å². The third-order valence-corrected chi connectivity index (χ3v) is 2.85. The first-order chi connectivity index (χ1) is 6.68. The summed E-state index contributed by atoms with van der Waals surface area (Å²) in [5.41, 5.74) is -0.208. The predicted octanol–water partition coefficient (Wildman–Crippen LogP) is 1.57. The highest BCUT2D eigenvalue weighted by atomic mass is 16.4. The third-order valence-electron chi connectivity index (χ3n) is 2.85. The Morgan fingerprint density at radius 1 is 1.64 bits per heavy atom. The molecule has 0 bridgehead atoms. The van der Waals surface area contributed by atoms with Gasteiger partial charge in [0.05, 0.1) is 5.54 Å². The molecule has 0 aromatic carbocycles. The lowest BCUT2D eigenvalue weighted by Crippen LogP contribution is -2.57. The normalized spacial score (nSPS) is 27.2. The van der Waals surface area contributed by atoms with Crippen molar-refractivity contribution in [3.05, 3.63) is 0 Å². The van der Waals surface area contributed by atoms with Crippen molar-refractivity contribution in [1.82, 2.24) is 10.6 Å². The SMILES string of the molecule is CCCC[C@]1(NC(=O)O)CCCNC1. The molecule has 1 heterocycles. The molecule has 1 atom stereocenters. The van der Waals surface area contributed by atoms with Gasteiger partial charge >= 0.3 is 6.09 Å². The summed E-state index contributed by atoms with van der Waals surface area (Å²) in [5, 5.41) is 14.7. The molecule has 1 rings (SSSR count). The van der Waals surface area contributed by atoms with Crippen LogP contribution in [0.3, 0.4) is 0 Å². The summed E-state index contributed by atoms with van der Waals surface area (Å²) in [6.45, 7) is 3.92. The molecule has 4 nitrogen and oxygen atoms in total. The van der Waals surface area contributed by atoms with Crippen LogP contribution in [0.2, 0.25) is 0 Å². The topological polar surface area (TPSA) is 61.4 Å². The Kier molecular flexibility index (Phi) is 4.20. The lowest BCUT2D eigenvalue weighted by Gasteiger charge is -2.37. The summed E-state index contributed by atoms with van der Waals surface area (Å²) in [5.74, 6) is 0. The number of amides is 1. The smallest absolute Gasteiger partial charge is 0.405 e. The van der Waals surface area contributed by atoms with E-state index < -0.39 is 6.09 Å². The molecular formula is C10H20N2O2. The first kappa shape index (κ1) is 11.3. The second kappa shape index (κ2) is 5.20.